The Hall–Kier alpha value is -2.30. The zero-order chi connectivity index (χ0) is 29.7. The summed E-state index contributed by atoms with van der Waals surface area (Å²) >= 11 is 14.3. The van der Waals surface area contributed by atoms with Crippen LogP contribution in [-0.4, -0.2) is 35.1 Å². The van der Waals surface area contributed by atoms with Gasteiger partial charge in [-0.2, -0.15) is 4.73 Å². The lowest BCUT2D eigenvalue weighted by Crippen LogP contribution is -2.41. The zero-order valence-electron chi connectivity index (χ0n) is 24.0. The van der Waals surface area contributed by atoms with Crippen molar-refractivity contribution in [1.29, 1.82) is 0 Å². The van der Waals surface area contributed by atoms with Crippen LogP contribution in [0.4, 0.5) is 0 Å². The van der Waals surface area contributed by atoms with Crippen molar-refractivity contribution in [3.63, 3.8) is 0 Å². The Kier molecular flexibility index (Phi) is 10.9. The van der Waals surface area contributed by atoms with Crippen molar-refractivity contribution in [3.8, 4) is 11.5 Å². The van der Waals surface area contributed by atoms with Crippen LogP contribution in [0.2, 0.25) is 28.2 Å². The van der Waals surface area contributed by atoms with Gasteiger partial charge in [-0.1, -0.05) is 50.0 Å². The lowest BCUT2D eigenvalue weighted by Gasteiger charge is -2.36. The Balaban J connectivity index is 1.75. The van der Waals surface area contributed by atoms with Crippen molar-refractivity contribution in [2.45, 2.75) is 64.3 Å². The van der Waals surface area contributed by atoms with E-state index in [4.69, 9.17) is 41.8 Å². The van der Waals surface area contributed by atoms with Gasteiger partial charge in [0.1, 0.15) is 16.1 Å². The van der Waals surface area contributed by atoms with Gasteiger partial charge in [-0.05, 0) is 48.0 Å². The number of carbonyl (C=O) groups is 1. The molecule has 0 aliphatic rings. The van der Waals surface area contributed by atoms with Crippen LogP contribution in [0.25, 0.3) is 0 Å². The molecule has 3 aromatic rings. The molecule has 0 radical (unpaired) electrons. The number of ether oxygens (including phenoxy) is 3. The van der Waals surface area contributed by atoms with Gasteiger partial charge in [0.25, 0.3) is 0 Å². The van der Waals surface area contributed by atoms with E-state index in [2.05, 4.69) is 33.9 Å². The number of methoxy groups -OCH3 is 2. The molecule has 11 heteroatoms. The van der Waals surface area contributed by atoms with Crippen LogP contribution in [0.15, 0.2) is 42.7 Å². The third kappa shape index (κ3) is 8.36. The molecule has 0 fully saturated rings. The minimum absolute atomic E-state index is 0.119. The molecule has 0 aliphatic carbocycles. The van der Waals surface area contributed by atoms with Gasteiger partial charge >= 0.3 is 5.97 Å². The van der Waals surface area contributed by atoms with E-state index in [0.29, 0.717) is 34.0 Å². The number of esters is 1. The highest BCUT2D eigenvalue weighted by Crippen LogP contribution is 2.37. The first-order chi connectivity index (χ1) is 18.7. The monoisotopic (exact) mass is 625 g/mol. The molecule has 1 atom stereocenters. The molecule has 3 rings (SSSR count). The smallest absolute Gasteiger partial charge is 0.311 e. The number of benzene rings is 1. The Morgan fingerprint density at radius 3 is 2.25 bits per heavy atom. The molecule has 0 spiro atoms. The molecular weight excluding hydrogens is 589 g/mol. The summed E-state index contributed by atoms with van der Waals surface area (Å²) in [4.78, 5) is 15.2. The number of aromatic nitrogens is 1. The van der Waals surface area contributed by atoms with Crippen LogP contribution in [0.3, 0.4) is 0 Å². The van der Waals surface area contributed by atoms with Crippen molar-refractivity contribution in [1.82, 2.24) is 0 Å². The molecule has 0 bridgehead atoms. The summed E-state index contributed by atoms with van der Waals surface area (Å²) in [5, 5.41) is 12.3. The number of pyridine rings is 1. The standard InChI is InChI=1S/C29H37Cl2NO6SSi/c1-29(2,3)40(6,7)37-13-12-20-9-10-21(39-20)15-28(33)38-26(16-22-23(30)17-32(34)18-24(22)31)19-8-11-25(35-4)27(14-19)36-5/h8-11,14,17-18,26H,12-13,15-16H2,1-7H3/t26-/m0/s1. The van der Waals surface area contributed by atoms with E-state index in [-0.39, 0.29) is 27.9 Å². The van der Waals surface area contributed by atoms with E-state index in [1.165, 1.54) is 19.5 Å². The molecule has 0 aliphatic heterocycles. The molecule has 40 heavy (non-hydrogen) atoms. The summed E-state index contributed by atoms with van der Waals surface area (Å²) < 4.78 is 23.6. The van der Waals surface area contributed by atoms with E-state index >= 15 is 0 Å². The van der Waals surface area contributed by atoms with Crippen LogP contribution in [0.1, 0.15) is 47.8 Å². The molecule has 0 unspecified atom stereocenters. The van der Waals surface area contributed by atoms with Crippen molar-refractivity contribution in [2.24, 2.45) is 0 Å². The van der Waals surface area contributed by atoms with Crippen LogP contribution < -0.4 is 14.2 Å². The minimum Gasteiger partial charge on any atom is -0.619 e. The lowest BCUT2D eigenvalue weighted by atomic mass is 10.0. The highest BCUT2D eigenvalue weighted by molar-refractivity contribution is 7.12. The number of nitrogens with zero attached hydrogens (tertiary/aromatic N) is 1. The van der Waals surface area contributed by atoms with Crippen LogP contribution >= 0.6 is 34.5 Å². The molecule has 7 nitrogen and oxygen atoms in total. The van der Waals surface area contributed by atoms with E-state index < -0.39 is 20.4 Å². The van der Waals surface area contributed by atoms with Gasteiger partial charge in [-0.15, -0.1) is 11.3 Å². The third-order valence-corrected chi connectivity index (χ3v) is 13.5. The fraction of sp³-hybridized carbons (Fsp3) is 0.448. The van der Waals surface area contributed by atoms with Gasteiger partial charge in [0.2, 0.25) is 0 Å². The SMILES string of the molecule is COc1ccc([C@H](Cc2c(Cl)c[n+]([O-])cc2Cl)OC(=O)Cc2ccc(CCO[Si](C)(C)C(C)(C)C)s2)cc1OC. The second-order valence-corrected chi connectivity index (χ2v) is 17.9. The summed E-state index contributed by atoms with van der Waals surface area (Å²) in [6.07, 6.45) is 2.79. The fourth-order valence-electron chi connectivity index (χ4n) is 3.81. The molecule has 1 aromatic carbocycles. The zero-order valence-corrected chi connectivity index (χ0v) is 27.3. The number of hydrogen-bond acceptors (Lipinski definition) is 7. The highest BCUT2D eigenvalue weighted by Gasteiger charge is 2.36. The van der Waals surface area contributed by atoms with Crippen LogP contribution in [0.5, 0.6) is 11.5 Å². The predicted octanol–water partition coefficient (Wildman–Crippen LogP) is 7.34. The Morgan fingerprint density at radius 2 is 1.65 bits per heavy atom. The number of rotatable bonds is 12. The van der Waals surface area contributed by atoms with E-state index in [9.17, 15) is 10.0 Å². The van der Waals surface area contributed by atoms with Gasteiger partial charge < -0.3 is 23.8 Å². The molecule has 2 heterocycles. The minimum atomic E-state index is -1.81. The average Bonchev–Trinajstić information content (AvgIpc) is 3.30. The van der Waals surface area contributed by atoms with E-state index in [1.807, 2.05) is 12.1 Å². The normalized spacial score (nSPS) is 12.7. The van der Waals surface area contributed by atoms with E-state index in [0.717, 1.165) is 16.2 Å². The first kappa shape index (κ1) is 32.2. The average molecular weight is 627 g/mol. The second-order valence-electron chi connectivity index (χ2n) is 11.0. The van der Waals surface area contributed by atoms with Gasteiger partial charge in [0.05, 0.1) is 20.6 Å². The van der Waals surface area contributed by atoms with Crippen LogP contribution in [-0.2, 0) is 33.2 Å². The molecular formula is C29H37Cl2NO6SSi. The maximum atomic E-state index is 13.1. The highest BCUT2D eigenvalue weighted by atomic mass is 35.5. The van der Waals surface area contributed by atoms with Crippen molar-refractivity contribution < 1.29 is 28.2 Å². The summed E-state index contributed by atoms with van der Waals surface area (Å²) in [6, 6.07) is 9.28. The number of thiophene rings is 1. The predicted molar refractivity (Wildman–Crippen MR) is 162 cm³/mol. The third-order valence-electron chi connectivity index (χ3n) is 7.15. The molecule has 2 aromatic heterocycles. The molecule has 0 saturated carbocycles. The maximum Gasteiger partial charge on any atom is 0.311 e. The number of halogens is 2. The summed E-state index contributed by atoms with van der Waals surface area (Å²) in [7, 11) is 1.27. The largest absolute Gasteiger partial charge is 0.619 e. The number of carbonyl (C=O) groups excluding carboxylic acids is 1. The van der Waals surface area contributed by atoms with Crippen molar-refractivity contribution >= 4 is 48.8 Å². The quantitative estimate of drug-likeness (QED) is 0.0906. The van der Waals surface area contributed by atoms with Gasteiger partial charge in [-0.3, -0.25) is 4.79 Å². The van der Waals surface area contributed by atoms with Gasteiger partial charge in [-0.25, -0.2) is 0 Å². The molecule has 0 saturated heterocycles. The molecule has 0 amide bonds. The topological polar surface area (TPSA) is 80.9 Å². The molecule has 218 valence electrons. The molecule has 0 N–H and O–H groups in total. The number of hydrogen-bond donors (Lipinski definition) is 0. The Morgan fingerprint density at radius 1 is 1.02 bits per heavy atom. The van der Waals surface area contributed by atoms with Gasteiger partial charge in [0, 0.05) is 34.8 Å². The second kappa shape index (κ2) is 13.6. The summed E-state index contributed by atoms with van der Waals surface area (Å²) in [6.45, 7) is 11.8. The van der Waals surface area contributed by atoms with Crippen molar-refractivity contribution in [3.05, 3.63) is 78.9 Å². The Bertz CT molecular complexity index is 1300. The van der Waals surface area contributed by atoms with Gasteiger partial charge in [0.15, 0.2) is 32.2 Å². The fourth-order valence-corrected chi connectivity index (χ4v) is 6.44. The summed E-state index contributed by atoms with van der Waals surface area (Å²) in [5.74, 6) is 0.641. The van der Waals surface area contributed by atoms with Crippen LogP contribution in [0, 0.1) is 5.21 Å². The Labute approximate surface area is 251 Å². The maximum absolute atomic E-state index is 13.1. The summed E-state index contributed by atoms with van der Waals surface area (Å²) in [5.41, 5.74) is 1.18. The lowest BCUT2D eigenvalue weighted by molar-refractivity contribution is -0.605. The first-order valence-electron chi connectivity index (χ1n) is 12.9. The first-order valence-corrected chi connectivity index (χ1v) is 17.4. The van der Waals surface area contributed by atoms with E-state index in [1.54, 1.807) is 36.6 Å². The van der Waals surface area contributed by atoms with Crippen molar-refractivity contribution in [2.75, 3.05) is 20.8 Å².